The molecule has 1 atom stereocenters. The zero-order valence-electron chi connectivity index (χ0n) is 10.7. The van der Waals surface area contributed by atoms with E-state index in [2.05, 4.69) is 35.6 Å². The highest BCUT2D eigenvalue weighted by atomic mass is 35.5. The van der Waals surface area contributed by atoms with E-state index < -0.39 is 0 Å². The molecule has 3 rings (SSSR count). The van der Waals surface area contributed by atoms with E-state index in [4.69, 9.17) is 4.74 Å². The third-order valence-corrected chi connectivity index (χ3v) is 3.33. The van der Waals surface area contributed by atoms with Crippen LogP contribution >= 0.6 is 12.4 Å². The van der Waals surface area contributed by atoms with Crippen LogP contribution in [0.25, 0.3) is 0 Å². The third kappa shape index (κ3) is 3.49. The summed E-state index contributed by atoms with van der Waals surface area (Å²) >= 11 is 0. The first kappa shape index (κ1) is 13.9. The van der Waals surface area contributed by atoms with Crippen LogP contribution in [0.15, 0.2) is 54.6 Å². The molecular formula is C16H18ClNO. The van der Waals surface area contributed by atoms with Crippen molar-refractivity contribution in [1.82, 2.24) is 5.32 Å². The first-order chi connectivity index (χ1) is 8.92. The Morgan fingerprint density at radius 3 is 2.53 bits per heavy atom. The summed E-state index contributed by atoms with van der Waals surface area (Å²) in [6.07, 6.45) is 1.22. The van der Waals surface area contributed by atoms with Crippen molar-refractivity contribution in [2.24, 2.45) is 0 Å². The monoisotopic (exact) mass is 275 g/mol. The first-order valence-electron chi connectivity index (χ1n) is 6.42. The van der Waals surface area contributed by atoms with Gasteiger partial charge in [-0.25, -0.2) is 0 Å². The largest absolute Gasteiger partial charge is 0.489 e. The maximum absolute atomic E-state index is 5.82. The van der Waals surface area contributed by atoms with Crippen LogP contribution in [0.2, 0.25) is 0 Å². The Balaban J connectivity index is 0.00000133. The average molecular weight is 276 g/mol. The molecule has 0 aromatic heterocycles. The van der Waals surface area contributed by atoms with Crippen molar-refractivity contribution in [2.45, 2.75) is 19.1 Å². The molecule has 0 radical (unpaired) electrons. The second-order valence-electron chi connectivity index (χ2n) is 4.64. The molecule has 1 N–H and O–H groups in total. The van der Waals surface area contributed by atoms with Crippen LogP contribution in [0.4, 0.5) is 0 Å². The summed E-state index contributed by atoms with van der Waals surface area (Å²) in [6.45, 7) is 1.75. The van der Waals surface area contributed by atoms with Gasteiger partial charge in [0.15, 0.2) is 0 Å². The van der Waals surface area contributed by atoms with Crippen molar-refractivity contribution in [2.75, 3.05) is 6.54 Å². The van der Waals surface area contributed by atoms with Crippen LogP contribution in [0.5, 0.6) is 5.75 Å². The van der Waals surface area contributed by atoms with Crippen molar-refractivity contribution < 1.29 is 4.74 Å². The zero-order valence-corrected chi connectivity index (χ0v) is 11.5. The maximum atomic E-state index is 5.82. The van der Waals surface area contributed by atoms with E-state index >= 15 is 0 Å². The Labute approximate surface area is 120 Å². The Morgan fingerprint density at radius 2 is 1.84 bits per heavy atom. The topological polar surface area (TPSA) is 21.3 Å². The SMILES string of the molecule is Cl.c1ccc(COc2cccc([C@@H]3CCN3)c2)cc1. The van der Waals surface area contributed by atoms with E-state index in [0.717, 1.165) is 12.3 Å². The minimum absolute atomic E-state index is 0. The van der Waals surface area contributed by atoms with Crippen LogP contribution in [0, 0.1) is 0 Å². The van der Waals surface area contributed by atoms with Crippen LogP contribution in [0.1, 0.15) is 23.6 Å². The third-order valence-electron chi connectivity index (χ3n) is 3.33. The molecule has 0 bridgehead atoms. The second-order valence-corrected chi connectivity index (χ2v) is 4.64. The Morgan fingerprint density at radius 1 is 1.05 bits per heavy atom. The molecule has 1 heterocycles. The van der Waals surface area contributed by atoms with Crippen molar-refractivity contribution in [3.8, 4) is 5.75 Å². The Bertz CT molecular complexity index is 511. The predicted molar refractivity (Wildman–Crippen MR) is 79.8 cm³/mol. The summed E-state index contributed by atoms with van der Waals surface area (Å²) in [6, 6.07) is 19.2. The molecule has 1 fully saturated rings. The molecule has 0 aliphatic carbocycles. The fraction of sp³-hybridized carbons (Fsp3) is 0.250. The van der Waals surface area contributed by atoms with Gasteiger partial charge in [-0.05, 0) is 36.2 Å². The molecule has 100 valence electrons. The number of nitrogens with one attached hydrogen (secondary N) is 1. The molecule has 19 heavy (non-hydrogen) atoms. The van der Waals surface area contributed by atoms with E-state index in [0.29, 0.717) is 12.6 Å². The van der Waals surface area contributed by atoms with Gasteiger partial charge in [0.2, 0.25) is 0 Å². The van der Waals surface area contributed by atoms with Crippen molar-refractivity contribution >= 4 is 12.4 Å². The van der Waals surface area contributed by atoms with Gasteiger partial charge in [-0.2, -0.15) is 0 Å². The minimum atomic E-state index is 0. The van der Waals surface area contributed by atoms with Gasteiger partial charge >= 0.3 is 0 Å². The van der Waals surface area contributed by atoms with Gasteiger partial charge in [0, 0.05) is 6.04 Å². The van der Waals surface area contributed by atoms with Crippen LogP contribution in [0.3, 0.4) is 0 Å². The standard InChI is InChI=1S/C16H17NO.ClH/c1-2-5-13(6-3-1)12-18-15-8-4-7-14(11-15)16-9-10-17-16;/h1-8,11,16-17H,9-10,12H2;1H/t16-;/m0./s1. The highest BCUT2D eigenvalue weighted by molar-refractivity contribution is 5.85. The fourth-order valence-corrected chi connectivity index (χ4v) is 2.14. The van der Waals surface area contributed by atoms with Gasteiger partial charge in [0.05, 0.1) is 0 Å². The molecule has 0 saturated carbocycles. The fourth-order valence-electron chi connectivity index (χ4n) is 2.14. The molecule has 0 spiro atoms. The number of benzene rings is 2. The average Bonchev–Trinajstić information content (AvgIpc) is 2.36. The van der Waals surface area contributed by atoms with Crippen molar-refractivity contribution in [3.63, 3.8) is 0 Å². The quantitative estimate of drug-likeness (QED) is 0.918. The Hall–Kier alpha value is -1.51. The lowest BCUT2D eigenvalue weighted by atomic mass is 9.98. The van der Waals surface area contributed by atoms with Gasteiger partial charge < -0.3 is 10.1 Å². The number of hydrogen-bond acceptors (Lipinski definition) is 2. The summed E-state index contributed by atoms with van der Waals surface area (Å²) in [4.78, 5) is 0. The zero-order chi connectivity index (χ0) is 12.2. The van der Waals surface area contributed by atoms with E-state index in [1.165, 1.54) is 17.5 Å². The minimum Gasteiger partial charge on any atom is -0.489 e. The van der Waals surface area contributed by atoms with Gasteiger partial charge in [-0.3, -0.25) is 0 Å². The van der Waals surface area contributed by atoms with Crippen LogP contribution in [-0.4, -0.2) is 6.54 Å². The summed E-state index contributed by atoms with van der Waals surface area (Å²) in [5.41, 5.74) is 2.52. The number of halogens is 1. The summed E-state index contributed by atoms with van der Waals surface area (Å²) < 4.78 is 5.82. The molecule has 3 heteroatoms. The number of ether oxygens (including phenoxy) is 1. The summed E-state index contributed by atoms with van der Waals surface area (Å²) in [5.74, 6) is 0.949. The van der Waals surface area contributed by atoms with Crippen molar-refractivity contribution in [1.29, 1.82) is 0 Å². The van der Waals surface area contributed by atoms with Gasteiger partial charge in [-0.15, -0.1) is 12.4 Å². The van der Waals surface area contributed by atoms with E-state index in [1.54, 1.807) is 0 Å². The highest BCUT2D eigenvalue weighted by Crippen LogP contribution is 2.26. The van der Waals surface area contributed by atoms with Crippen LogP contribution in [-0.2, 0) is 6.61 Å². The van der Waals surface area contributed by atoms with Gasteiger partial charge in [0.25, 0.3) is 0 Å². The molecule has 1 aliphatic rings. The molecule has 2 aromatic carbocycles. The van der Waals surface area contributed by atoms with E-state index in [1.807, 2.05) is 24.3 Å². The lowest BCUT2D eigenvalue weighted by molar-refractivity contribution is 0.304. The normalized spacial score (nSPS) is 17.2. The lowest BCUT2D eigenvalue weighted by Gasteiger charge is -2.28. The molecule has 2 nitrogen and oxygen atoms in total. The Kier molecular flexibility index (Phi) is 4.83. The number of rotatable bonds is 4. The molecule has 1 saturated heterocycles. The molecular weight excluding hydrogens is 258 g/mol. The summed E-state index contributed by atoms with van der Waals surface area (Å²) in [7, 11) is 0. The first-order valence-corrected chi connectivity index (χ1v) is 6.42. The molecule has 0 unspecified atom stereocenters. The van der Waals surface area contributed by atoms with E-state index in [-0.39, 0.29) is 12.4 Å². The predicted octanol–water partition coefficient (Wildman–Crippen LogP) is 3.72. The second kappa shape index (κ2) is 6.60. The number of hydrogen-bond donors (Lipinski definition) is 1. The maximum Gasteiger partial charge on any atom is 0.120 e. The highest BCUT2D eigenvalue weighted by Gasteiger charge is 2.18. The summed E-state index contributed by atoms with van der Waals surface area (Å²) in [5, 5.41) is 3.41. The van der Waals surface area contributed by atoms with Gasteiger partial charge in [0.1, 0.15) is 12.4 Å². The van der Waals surface area contributed by atoms with Gasteiger partial charge in [-0.1, -0.05) is 42.5 Å². The van der Waals surface area contributed by atoms with Crippen molar-refractivity contribution in [3.05, 3.63) is 65.7 Å². The van der Waals surface area contributed by atoms with E-state index in [9.17, 15) is 0 Å². The van der Waals surface area contributed by atoms with Crippen LogP contribution < -0.4 is 10.1 Å². The smallest absolute Gasteiger partial charge is 0.120 e. The molecule has 2 aromatic rings. The molecule has 1 aliphatic heterocycles. The molecule has 0 amide bonds. The lowest BCUT2D eigenvalue weighted by Crippen LogP contribution is -2.34.